The molecule has 0 unspecified atom stereocenters. The van der Waals surface area contributed by atoms with Crippen LogP contribution in [0.1, 0.15) is 129 Å². The van der Waals surface area contributed by atoms with E-state index in [1.807, 2.05) is 51.1 Å². The Kier molecular flexibility index (Phi) is 28.6. The van der Waals surface area contributed by atoms with Gasteiger partial charge in [-0.1, -0.05) is 184 Å². The van der Waals surface area contributed by atoms with E-state index in [1.54, 1.807) is 74.5 Å². The van der Waals surface area contributed by atoms with Crippen LogP contribution < -0.4 is 31.9 Å². The summed E-state index contributed by atoms with van der Waals surface area (Å²) < 4.78 is 22.8. The molecule has 0 saturated carbocycles. The van der Waals surface area contributed by atoms with Crippen LogP contribution in [0.15, 0.2) is 96.0 Å². The molecule has 432 valence electrons. The number of benzene rings is 3. The lowest BCUT2D eigenvalue weighted by Gasteiger charge is -2.34. The van der Waals surface area contributed by atoms with Gasteiger partial charge in [0.2, 0.25) is 35.5 Å². The lowest BCUT2D eigenvalue weighted by atomic mass is 9.94. The summed E-state index contributed by atoms with van der Waals surface area (Å²) in [5.41, 5.74) is 2.08. The maximum Gasteiger partial charge on any atom is 0.414 e. The number of nitrogens with zero attached hydrogens (tertiary/aromatic N) is 2. The molecule has 1 aliphatic rings. The number of ether oxygens (including phenoxy) is 4. The van der Waals surface area contributed by atoms with E-state index < -0.39 is 115 Å². The molecule has 0 bridgehead atoms. The average molecular weight is 1100 g/mol. The molecule has 7 amide bonds. The lowest BCUT2D eigenvalue weighted by Crippen LogP contribution is -2.61. The Hall–Kier alpha value is -7.35. The monoisotopic (exact) mass is 1100 g/mol. The van der Waals surface area contributed by atoms with Crippen LogP contribution in [0.25, 0.3) is 0 Å². The van der Waals surface area contributed by atoms with E-state index in [-0.39, 0.29) is 32.2 Å². The Labute approximate surface area is 465 Å². The summed E-state index contributed by atoms with van der Waals surface area (Å²) in [6.07, 6.45) is 5.96. The molecule has 3 aromatic rings. The van der Waals surface area contributed by atoms with Crippen molar-refractivity contribution < 1.29 is 57.3 Å². The number of alkyl carbamates (subject to hydrolysis) is 2. The Morgan fingerprint density at radius 1 is 0.671 bits per heavy atom. The van der Waals surface area contributed by atoms with Gasteiger partial charge in [0.15, 0.2) is 0 Å². The summed E-state index contributed by atoms with van der Waals surface area (Å²) in [5, 5.41) is 15.5. The normalized spacial score (nSPS) is 20.2. The molecule has 4 rings (SSSR count). The predicted molar refractivity (Wildman–Crippen MR) is 298 cm³/mol. The van der Waals surface area contributed by atoms with Crippen molar-refractivity contribution in [1.82, 2.24) is 36.8 Å². The van der Waals surface area contributed by atoms with E-state index in [0.717, 1.165) is 44.1 Å². The molecule has 0 radical (unpaired) electrons. The second-order valence-electron chi connectivity index (χ2n) is 20.5. The molecule has 20 nitrogen and oxygen atoms in total. The second kappa shape index (κ2) is 35.2. The predicted octanol–water partition coefficient (Wildman–Crippen LogP) is 6.99. The highest BCUT2D eigenvalue weighted by atomic mass is 16.6. The highest BCUT2D eigenvalue weighted by Gasteiger charge is 2.38. The van der Waals surface area contributed by atoms with E-state index in [9.17, 15) is 38.4 Å². The van der Waals surface area contributed by atoms with Crippen LogP contribution in [0.4, 0.5) is 9.59 Å². The van der Waals surface area contributed by atoms with Gasteiger partial charge in [0, 0.05) is 7.05 Å². The Bertz CT molecular complexity index is 2350. The molecule has 1 aliphatic heterocycles. The highest BCUT2D eigenvalue weighted by Crippen LogP contribution is 2.23. The van der Waals surface area contributed by atoms with Gasteiger partial charge in [-0.05, 0) is 47.8 Å². The molecular weight excluding hydrogens is 1010 g/mol. The smallest absolute Gasteiger partial charge is 0.414 e. The quantitative estimate of drug-likeness (QED) is 0.0185. The number of guanidine groups is 1. The second-order valence-corrected chi connectivity index (χ2v) is 20.5. The summed E-state index contributed by atoms with van der Waals surface area (Å²) >= 11 is 0. The number of hydrogen-bond acceptors (Lipinski definition) is 13. The first-order chi connectivity index (χ1) is 38.0. The molecule has 7 atom stereocenters. The molecule has 0 aromatic heterocycles. The molecule has 20 heteroatoms. The first-order valence-electron chi connectivity index (χ1n) is 27.8. The Balaban J connectivity index is 1.75. The van der Waals surface area contributed by atoms with Gasteiger partial charge in [-0.25, -0.2) is 14.6 Å². The Morgan fingerprint density at radius 2 is 1.19 bits per heavy atom. The van der Waals surface area contributed by atoms with E-state index in [2.05, 4.69) is 43.8 Å². The summed E-state index contributed by atoms with van der Waals surface area (Å²) in [6.45, 7) is 9.14. The average Bonchev–Trinajstić information content (AvgIpc) is 3.47. The fraction of sp³-hybridized carbons (Fsp3) is 0.542. The number of likely N-dealkylation sites (N-methyl/N-ethyl adjacent to an activating group) is 1. The number of cyclic esters (lactones) is 1. The van der Waals surface area contributed by atoms with Crippen LogP contribution >= 0.6 is 0 Å². The summed E-state index contributed by atoms with van der Waals surface area (Å²) in [6, 6.07) is 21.3. The first kappa shape index (κ1) is 64.2. The Morgan fingerprint density at radius 3 is 1.72 bits per heavy atom. The molecule has 0 spiro atoms. The summed E-state index contributed by atoms with van der Waals surface area (Å²) in [4.78, 5) is 118. The number of nitrogens with one attached hydrogen (secondary N) is 6. The minimum atomic E-state index is -1.67. The van der Waals surface area contributed by atoms with Crippen molar-refractivity contribution in [2.45, 2.75) is 162 Å². The van der Waals surface area contributed by atoms with Gasteiger partial charge in [-0.3, -0.25) is 39.4 Å². The number of carbonyl (C=O) groups is 8. The molecule has 1 fully saturated rings. The number of carbonyl (C=O) groups excluding carboxylic acids is 8. The van der Waals surface area contributed by atoms with Crippen LogP contribution in [0.5, 0.6) is 0 Å². The van der Waals surface area contributed by atoms with Gasteiger partial charge in [-0.15, -0.1) is 0 Å². The topological polar surface area (TPSA) is 261 Å². The molecule has 1 saturated heterocycles. The molecule has 79 heavy (non-hydrogen) atoms. The molecule has 1 heterocycles. The SMILES string of the molecule is CCCCCCCCCC[C@@H]1OC(=O)CNC(=O)[C@H](CN=C(NC(=O)OCc2ccccc2)NC(=O)OCc2ccccc2)NC(=O)[C@H](COCc2ccccc2)NC(=O)[C@H]([C@H](C)CC)NC(=O)[C@H](CC(C)C)N(C)C(=O)[C@@H]1C. The number of unbranched alkanes of at least 4 members (excludes halogenated alkanes) is 7. The fourth-order valence-electron chi connectivity index (χ4n) is 8.64. The standard InChI is InChI=1S/C59H84N8O12/c1-8-10-11-12-13-14-15-25-32-49-42(6)56(73)67(7)48(33-40(3)4)54(71)64-51(41(5)9-2)55(72)63-47(39-76-36-43-26-19-16-20-27-43)53(70)62-46(52(69)60-35-50(68)79-49)34-61-57(65-58(74)77-37-44-28-21-17-22-29-44)66-59(75)78-38-45-30-23-18-24-31-45/h16-24,26-31,40-42,46-49,51H,8-15,25,32-39H2,1-7H3,(H,60,69)(H,62,70)(H,63,72)(H,64,71)(H2,61,65,66,74,75)/t41-,42-,46+,47+,48+,49+,51+/m1/s1. The summed E-state index contributed by atoms with van der Waals surface area (Å²) in [7, 11) is 1.52. The van der Waals surface area contributed by atoms with Crippen molar-refractivity contribution in [2.75, 3.05) is 26.7 Å². The van der Waals surface area contributed by atoms with Crippen molar-refractivity contribution in [1.29, 1.82) is 0 Å². The van der Waals surface area contributed by atoms with Gasteiger partial charge in [0.1, 0.15) is 50.0 Å². The third kappa shape index (κ3) is 23.7. The first-order valence-corrected chi connectivity index (χ1v) is 27.8. The van der Waals surface area contributed by atoms with Crippen LogP contribution in [-0.4, -0.2) is 116 Å². The van der Waals surface area contributed by atoms with E-state index in [4.69, 9.17) is 18.9 Å². The van der Waals surface area contributed by atoms with Crippen LogP contribution in [-0.2, 0) is 67.5 Å². The van der Waals surface area contributed by atoms with Gasteiger partial charge in [0.05, 0.1) is 25.7 Å². The van der Waals surface area contributed by atoms with Crippen molar-refractivity contribution in [3.63, 3.8) is 0 Å². The van der Waals surface area contributed by atoms with E-state index in [1.165, 1.54) is 18.4 Å². The van der Waals surface area contributed by atoms with Crippen LogP contribution in [0.2, 0.25) is 0 Å². The lowest BCUT2D eigenvalue weighted by molar-refractivity contribution is -0.157. The number of amides is 7. The minimum Gasteiger partial charge on any atom is -0.460 e. The summed E-state index contributed by atoms with van der Waals surface area (Å²) in [5.74, 6) is -6.56. The van der Waals surface area contributed by atoms with Crippen molar-refractivity contribution >= 4 is 53.7 Å². The number of hydrogen-bond donors (Lipinski definition) is 6. The highest BCUT2D eigenvalue weighted by molar-refractivity contribution is 6.02. The van der Waals surface area contributed by atoms with Gasteiger partial charge >= 0.3 is 18.2 Å². The van der Waals surface area contributed by atoms with Gasteiger partial charge in [-0.2, -0.15) is 0 Å². The fourth-order valence-corrected chi connectivity index (χ4v) is 8.64. The van der Waals surface area contributed by atoms with Crippen molar-refractivity contribution in [2.24, 2.45) is 22.7 Å². The number of rotatable bonds is 23. The third-order valence-corrected chi connectivity index (χ3v) is 13.5. The number of aliphatic imine (C=N–C) groups is 1. The largest absolute Gasteiger partial charge is 0.460 e. The zero-order valence-corrected chi connectivity index (χ0v) is 47.1. The van der Waals surface area contributed by atoms with Gasteiger partial charge in [0.25, 0.3) is 0 Å². The zero-order chi connectivity index (χ0) is 57.5. The molecular formula is C59H84N8O12. The zero-order valence-electron chi connectivity index (χ0n) is 47.1. The number of esters is 1. The third-order valence-electron chi connectivity index (χ3n) is 13.5. The van der Waals surface area contributed by atoms with Crippen molar-refractivity contribution in [3.05, 3.63) is 108 Å². The van der Waals surface area contributed by atoms with Crippen LogP contribution in [0, 0.1) is 17.8 Å². The van der Waals surface area contributed by atoms with Crippen LogP contribution in [0.3, 0.4) is 0 Å². The minimum absolute atomic E-state index is 0.0273. The molecule has 3 aromatic carbocycles. The van der Waals surface area contributed by atoms with Crippen molar-refractivity contribution in [3.8, 4) is 0 Å². The maximum absolute atomic E-state index is 14.6. The van der Waals surface area contributed by atoms with E-state index >= 15 is 0 Å². The molecule has 6 N–H and O–H groups in total. The maximum atomic E-state index is 14.6. The van der Waals surface area contributed by atoms with Gasteiger partial charge < -0.3 is 45.1 Å². The molecule has 0 aliphatic carbocycles. The van der Waals surface area contributed by atoms with E-state index in [0.29, 0.717) is 30.4 Å².